The fraction of sp³-hybridized carbons (Fsp3) is 0.0667. The highest BCUT2D eigenvalue weighted by Crippen LogP contribution is 2.20. The number of ether oxygens (including phenoxy) is 1. The molecule has 0 spiro atoms. The largest absolute Gasteiger partial charge is 0.761 e. The highest BCUT2D eigenvalue weighted by atomic mass is 16.5. The van der Waals surface area contributed by atoms with Crippen LogP contribution in [-0.4, -0.2) is 5.87 Å². The van der Waals surface area contributed by atoms with Crippen molar-refractivity contribution >= 4 is 11.6 Å². The molecule has 0 fully saturated rings. The molecule has 2 rings (SSSR count). The average molecular weight is 251 g/mol. The number of rotatable bonds is 5. The second-order valence-electron chi connectivity index (χ2n) is 3.85. The molecule has 4 nitrogen and oxygen atoms in total. The summed E-state index contributed by atoms with van der Waals surface area (Å²) in [4.78, 5) is 10.5. The van der Waals surface area contributed by atoms with Crippen molar-refractivity contribution in [2.24, 2.45) is 5.18 Å². The predicted octanol–water partition coefficient (Wildman–Crippen LogP) is 3.61. The number of hydrogen-bond donors (Lipinski definition) is 0. The lowest BCUT2D eigenvalue weighted by Gasteiger charge is -2.07. The van der Waals surface area contributed by atoms with Crippen molar-refractivity contribution in [3.8, 4) is 5.75 Å². The van der Waals surface area contributed by atoms with Gasteiger partial charge in [-0.25, -0.2) is 5.87 Å². The van der Waals surface area contributed by atoms with Gasteiger partial charge in [-0.15, -0.1) is 4.91 Å². The number of nitroso groups, excluding NO2 is 1. The molecule has 0 heterocycles. The van der Waals surface area contributed by atoms with E-state index in [1.54, 1.807) is 30.1 Å². The van der Waals surface area contributed by atoms with E-state index in [2.05, 4.69) is 5.18 Å². The first-order valence-electron chi connectivity index (χ1n) is 5.71. The SMILES string of the molecule is [N-]=C=C(N=O)c1cccc(OCc2ccccc2)c1. The zero-order valence-electron chi connectivity index (χ0n) is 10.1. The van der Waals surface area contributed by atoms with Crippen molar-refractivity contribution in [3.05, 3.63) is 76.0 Å². The van der Waals surface area contributed by atoms with Crippen LogP contribution >= 0.6 is 0 Å². The highest BCUT2D eigenvalue weighted by Gasteiger charge is 2.02. The van der Waals surface area contributed by atoms with E-state index in [9.17, 15) is 4.91 Å². The van der Waals surface area contributed by atoms with E-state index in [-0.39, 0.29) is 5.70 Å². The zero-order chi connectivity index (χ0) is 13.5. The normalized spacial score (nSPS) is 9.47. The molecule has 0 amide bonds. The molecule has 4 heteroatoms. The molecule has 2 aromatic rings. The van der Waals surface area contributed by atoms with Gasteiger partial charge >= 0.3 is 0 Å². The van der Waals surface area contributed by atoms with Crippen LogP contribution in [0.1, 0.15) is 11.1 Å². The third-order valence-electron chi connectivity index (χ3n) is 2.55. The first kappa shape index (κ1) is 12.7. The van der Waals surface area contributed by atoms with Crippen LogP contribution < -0.4 is 4.74 Å². The number of hydrogen-bond acceptors (Lipinski definition) is 3. The van der Waals surface area contributed by atoms with Crippen LogP contribution in [0, 0.1) is 4.91 Å². The van der Waals surface area contributed by atoms with Gasteiger partial charge < -0.3 is 10.1 Å². The van der Waals surface area contributed by atoms with E-state index in [1.165, 1.54) is 0 Å². The van der Waals surface area contributed by atoms with Crippen molar-refractivity contribution in [3.63, 3.8) is 0 Å². The smallest absolute Gasteiger partial charge is 0.134 e. The fourth-order valence-corrected chi connectivity index (χ4v) is 1.61. The van der Waals surface area contributed by atoms with E-state index < -0.39 is 0 Å². The van der Waals surface area contributed by atoms with Gasteiger partial charge in [-0.05, 0) is 22.9 Å². The van der Waals surface area contributed by atoms with Gasteiger partial charge in [0.25, 0.3) is 0 Å². The Morgan fingerprint density at radius 2 is 1.95 bits per heavy atom. The van der Waals surface area contributed by atoms with Gasteiger partial charge in [-0.2, -0.15) is 0 Å². The molecule has 0 saturated heterocycles. The van der Waals surface area contributed by atoms with Crippen LogP contribution in [0.15, 0.2) is 59.8 Å². The fourth-order valence-electron chi connectivity index (χ4n) is 1.61. The summed E-state index contributed by atoms with van der Waals surface area (Å²) >= 11 is 0. The van der Waals surface area contributed by atoms with E-state index in [4.69, 9.17) is 10.1 Å². The molecule has 0 aromatic heterocycles. The minimum Gasteiger partial charge on any atom is -0.761 e. The third-order valence-corrected chi connectivity index (χ3v) is 2.55. The van der Waals surface area contributed by atoms with Crippen LogP contribution in [0.2, 0.25) is 0 Å². The summed E-state index contributed by atoms with van der Waals surface area (Å²) in [5.74, 6) is 2.35. The van der Waals surface area contributed by atoms with E-state index >= 15 is 0 Å². The van der Waals surface area contributed by atoms with Crippen LogP contribution in [-0.2, 0) is 6.61 Å². The molecule has 0 unspecified atom stereocenters. The molecule has 0 aliphatic carbocycles. The Morgan fingerprint density at radius 3 is 2.63 bits per heavy atom. The average Bonchev–Trinajstić information content (AvgIpc) is 2.48. The lowest BCUT2D eigenvalue weighted by atomic mass is 10.1. The molecular weight excluding hydrogens is 240 g/mol. The Labute approximate surface area is 110 Å². The summed E-state index contributed by atoms with van der Waals surface area (Å²) < 4.78 is 5.61. The summed E-state index contributed by atoms with van der Waals surface area (Å²) in [6.07, 6.45) is 0. The lowest BCUT2D eigenvalue weighted by molar-refractivity contribution is 0.306. The van der Waals surface area contributed by atoms with Crippen molar-refractivity contribution in [2.75, 3.05) is 0 Å². The van der Waals surface area contributed by atoms with Crippen LogP contribution in [0.5, 0.6) is 5.75 Å². The van der Waals surface area contributed by atoms with E-state index in [0.29, 0.717) is 17.9 Å². The first-order valence-corrected chi connectivity index (χ1v) is 5.71. The van der Waals surface area contributed by atoms with Crippen molar-refractivity contribution in [2.45, 2.75) is 6.61 Å². The maximum absolute atomic E-state index is 10.5. The van der Waals surface area contributed by atoms with Crippen LogP contribution in [0.4, 0.5) is 0 Å². The lowest BCUT2D eigenvalue weighted by Crippen LogP contribution is -1.95. The molecule has 0 N–H and O–H groups in total. The van der Waals surface area contributed by atoms with Crippen molar-refractivity contribution in [1.82, 2.24) is 0 Å². The molecule has 94 valence electrons. The Kier molecular flexibility index (Phi) is 4.21. The molecule has 0 atom stereocenters. The van der Waals surface area contributed by atoms with Gasteiger partial charge in [0.15, 0.2) is 0 Å². The second kappa shape index (κ2) is 6.28. The first-order chi connectivity index (χ1) is 9.33. The Hall–Kier alpha value is -2.71. The minimum absolute atomic E-state index is 0.148. The van der Waals surface area contributed by atoms with Gasteiger partial charge in [-0.3, -0.25) is 0 Å². The van der Waals surface area contributed by atoms with Crippen molar-refractivity contribution < 1.29 is 4.74 Å². The van der Waals surface area contributed by atoms with Gasteiger partial charge in [0, 0.05) is 5.56 Å². The molecule has 2 aromatic carbocycles. The van der Waals surface area contributed by atoms with Crippen molar-refractivity contribution in [1.29, 1.82) is 0 Å². The van der Waals surface area contributed by atoms with Gasteiger partial charge in [0.2, 0.25) is 0 Å². The summed E-state index contributed by atoms with van der Waals surface area (Å²) in [6.45, 7) is 0.431. The molecule has 19 heavy (non-hydrogen) atoms. The molecule has 0 aliphatic heterocycles. The maximum Gasteiger partial charge on any atom is 0.134 e. The quantitative estimate of drug-likeness (QED) is 0.602. The molecule has 0 bridgehead atoms. The molecule has 0 radical (unpaired) electrons. The van der Waals surface area contributed by atoms with E-state index in [0.717, 1.165) is 5.56 Å². The van der Waals surface area contributed by atoms with Crippen LogP contribution in [0.3, 0.4) is 0 Å². The standard InChI is InChI=1S/C15H11N2O2/c16-10-15(17-18)13-7-4-8-14(9-13)19-11-12-5-2-1-3-6-12/h1-9H,11H2/q-1. The summed E-state index contributed by atoms with van der Waals surface area (Å²) in [7, 11) is 0. The maximum atomic E-state index is 10.5. The highest BCUT2D eigenvalue weighted by molar-refractivity contribution is 5.90. The Bertz CT molecular complexity index is 617. The van der Waals surface area contributed by atoms with Gasteiger partial charge in [0.1, 0.15) is 18.1 Å². The monoisotopic (exact) mass is 251 g/mol. The van der Waals surface area contributed by atoms with Gasteiger partial charge in [-0.1, -0.05) is 42.5 Å². The van der Waals surface area contributed by atoms with Gasteiger partial charge in [0.05, 0.1) is 0 Å². The summed E-state index contributed by atoms with van der Waals surface area (Å²) in [6, 6.07) is 16.5. The molecule has 0 saturated carbocycles. The second-order valence-corrected chi connectivity index (χ2v) is 3.85. The van der Waals surface area contributed by atoms with Crippen LogP contribution in [0.25, 0.3) is 11.1 Å². The molecular formula is C15H11N2O2-. The topological polar surface area (TPSA) is 61.0 Å². The number of nitrogens with zero attached hydrogens (tertiary/aromatic N) is 2. The Morgan fingerprint density at radius 1 is 1.16 bits per heavy atom. The van der Waals surface area contributed by atoms with E-state index in [1.807, 2.05) is 30.3 Å². The predicted molar refractivity (Wildman–Crippen MR) is 74.8 cm³/mol. The third kappa shape index (κ3) is 3.37. The Balaban J connectivity index is 2.12. The zero-order valence-corrected chi connectivity index (χ0v) is 10.1. The number of benzene rings is 2. The summed E-state index contributed by atoms with van der Waals surface area (Å²) in [5, 5.41) is 11.4. The molecule has 0 aliphatic rings. The summed E-state index contributed by atoms with van der Waals surface area (Å²) in [5.41, 5.74) is 1.36. The minimum atomic E-state index is -0.148.